The van der Waals surface area contributed by atoms with Crippen LogP contribution in [0.4, 0.5) is 35.1 Å². The number of ether oxygens (including phenoxy) is 7. The fraction of sp³-hybridized carbons (Fsp3) is 0.125. The predicted octanol–water partition coefficient (Wildman–Crippen LogP) is 18.9. The highest BCUT2D eigenvalue weighted by Crippen LogP contribution is 2.33. The van der Waals surface area contributed by atoms with Gasteiger partial charge in [-0.15, -0.1) is 43.8 Å². The molecule has 0 aliphatic heterocycles. The van der Waals surface area contributed by atoms with Crippen molar-refractivity contribution in [2.45, 2.75) is 78.9 Å². The number of alkyl halides is 6. The second kappa shape index (κ2) is 45.5. The fourth-order valence-electron chi connectivity index (χ4n) is 11.9. The Morgan fingerprint density at radius 2 is 0.593 bits per heavy atom. The van der Waals surface area contributed by atoms with Crippen molar-refractivity contribution in [3.8, 4) is 109 Å². The molecular formula is C96H82F8N18O13. The molecule has 6 aromatic heterocycles. The van der Waals surface area contributed by atoms with Crippen molar-refractivity contribution < 1.29 is 98.9 Å². The Kier molecular flexibility index (Phi) is 32.0. The molecule has 0 spiro atoms. The van der Waals surface area contributed by atoms with E-state index in [-0.39, 0.29) is 78.2 Å². The van der Waals surface area contributed by atoms with E-state index in [9.17, 15) is 65.8 Å². The van der Waals surface area contributed by atoms with Crippen LogP contribution in [0.3, 0.4) is 0 Å². The number of halogens is 8. The second-order valence-corrected chi connectivity index (χ2v) is 29.2. The molecule has 0 atom stereocenters. The molecule has 6 N–H and O–H groups in total. The normalized spacial score (nSPS) is 10.9. The fourth-order valence-corrected chi connectivity index (χ4v) is 11.9. The maximum Gasteiger partial charge on any atom is 0.573 e. The lowest BCUT2D eigenvalue weighted by Crippen LogP contribution is -2.16. The maximum atomic E-state index is 13.4. The van der Waals surface area contributed by atoms with Crippen molar-refractivity contribution in [2.24, 2.45) is 0 Å². The summed E-state index contributed by atoms with van der Waals surface area (Å²) < 4.78 is 146. The molecule has 135 heavy (non-hydrogen) atoms. The minimum absolute atomic E-state index is 0.0557. The van der Waals surface area contributed by atoms with Crippen LogP contribution in [0.2, 0.25) is 0 Å². The second-order valence-electron chi connectivity index (χ2n) is 29.2. The Morgan fingerprint density at radius 3 is 0.919 bits per heavy atom. The molecule has 0 radical (unpaired) electrons. The number of para-hydroxylation sites is 5. The summed E-state index contributed by atoms with van der Waals surface area (Å²) in [5.41, 5.74) is 9.15. The molecule has 0 fully saturated rings. The number of phenolic OH excluding ortho intramolecular Hbond substituents is 6. The molecule has 0 unspecified atom stereocenters. The van der Waals surface area contributed by atoms with Crippen LogP contribution in [0.25, 0.3) is 34.1 Å². The zero-order valence-electron chi connectivity index (χ0n) is 71.6. The molecule has 39 heteroatoms. The predicted molar refractivity (Wildman–Crippen MR) is 473 cm³/mol. The van der Waals surface area contributed by atoms with Gasteiger partial charge in [0.1, 0.15) is 160 Å². The van der Waals surface area contributed by atoms with E-state index in [4.69, 9.17) is 28.4 Å². The van der Waals surface area contributed by atoms with E-state index in [1.807, 2.05) is 55.5 Å². The van der Waals surface area contributed by atoms with Gasteiger partial charge >= 0.3 is 12.5 Å². The maximum absolute atomic E-state index is 13.4. The first-order chi connectivity index (χ1) is 65.1. The van der Waals surface area contributed by atoms with Gasteiger partial charge in [0.05, 0.1) is 65.5 Å². The third kappa shape index (κ3) is 29.2. The Bertz CT molecular complexity index is 6780. The lowest BCUT2D eigenvalue weighted by molar-refractivity contribution is -0.274. The van der Waals surface area contributed by atoms with Crippen LogP contribution in [0.1, 0.15) is 70.6 Å². The van der Waals surface area contributed by atoms with E-state index in [0.717, 1.165) is 58.5 Å². The average molecular weight is 1850 g/mol. The van der Waals surface area contributed by atoms with Gasteiger partial charge in [-0.1, -0.05) is 136 Å². The van der Waals surface area contributed by atoms with Crippen LogP contribution in [0.5, 0.6) is 74.7 Å². The third-order valence-electron chi connectivity index (χ3n) is 18.6. The summed E-state index contributed by atoms with van der Waals surface area (Å²) in [6, 6.07) is 77.6. The van der Waals surface area contributed by atoms with Gasteiger partial charge in [-0.2, -0.15) is 13.2 Å². The van der Waals surface area contributed by atoms with Crippen molar-refractivity contribution in [3.05, 3.63) is 391 Å². The van der Waals surface area contributed by atoms with Crippen molar-refractivity contribution in [1.82, 2.24) is 90.0 Å². The monoisotopic (exact) mass is 1850 g/mol. The number of hydrogen-bond acceptors (Lipinski definition) is 25. The van der Waals surface area contributed by atoms with Crippen LogP contribution in [0.15, 0.2) is 328 Å². The number of rotatable bonds is 26. The smallest absolute Gasteiger partial charge is 0.508 e. The molecule has 0 amide bonds. The lowest BCUT2D eigenvalue weighted by atomic mass is 10.0. The highest BCUT2D eigenvalue weighted by atomic mass is 19.4. The molecule has 690 valence electrons. The minimum atomic E-state index is -4.73. The Hall–Kier alpha value is -17.7. The van der Waals surface area contributed by atoms with Crippen molar-refractivity contribution in [2.75, 3.05) is 0 Å². The van der Waals surface area contributed by atoms with Crippen LogP contribution < -0.4 is 33.2 Å². The Morgan fingerprint density at radius 1 is 0.304 bits per heavy atom. The van der Waals surface area contributed by atoms with Crippen LogP contribution in [-0.2, 0) is 45.8 Å². The zero-order valence-corrected chi connectivity index (χ0v) is 71.6. The van der Waals surface area contributed by atoms with Crippen molar-refractivity contribution in [1.29, 1.82) is 0 Å². The van der Waals surface area contributed by atoms with Gasteiger partial charge in [-0.25, -0.2) is 36.9 Å². The van der Waals surface area contributed by atoms with E-state index < -0.39 is 23.9 Å². The largest absolute Gasteiger partial charge is 0.573 e. The highest BCUT2D eigenvalue weighted by Gasteiger charge is 2.32. The quantitative estimate of drug-likeness (QED) is 0.0274. The van der Waals surface area contributed by atoms with Crippen LogP contribution >= 0.6 is 0 Å². The molecule has 31 nitrogen and oxygen atoms in total. The topological polar surface area (TPSA) is 370 Å². The van der Waals surface area contributed by atoms with Gasteiger partial charge < -0.3 is 63.8 Å². The first kappa shape index (κ1) is 94.9. The average Bonchev–Trinajstić information content (AvgIpc) is 1.39. The molecule has 0 aliphatic carbocycles. The van der Waals surface area contributed by atoms with Crippen LogP contribution in [-0.4, -0.2) is 127 Å². The summed E-state index contributed by atoms with van der Waals surface area (Å²) in [4.78, 5) is 0. The number of aryl methyl sites for hydroxylation is 1. The number of aromatic nitrogens is 18. The molecule has 0 aliphatic rings. The third-order valence-corrected chi connectivity index (χ3v) is 18.6. The first-order valence-corrected chi connectivity index (χ1v) is 40.8. The van der Waals surface area contributed by atoms with Gasteiger partial charge in [-0.05, 0) is 200 Å². The molecular weight excluding hydrogens is 1770 g/mol. The standard InChI is InChI=1S/C18H19N3O2.C16H12F3N3O3.C16H12F3N3O2.C16H15N3O2.2C15H12FN3O2/c1-13(2)14-6-8-18(9-7-14)23-12-15-11-21(20-19-15)16-4-3-5-17(22)10-16;17-16(18,19)25-13-7-5-12(6-8-13)24-10-11-9-22(21-20-11)14-3-1-2-4-15(14)23;17-16(18,19)11-4-6-15(7-5-11)24-10-12-9-22(21-20-12)13-2-1-3-14(23)8-13;1-12-5-7-16(8-6-12)21-11-13-10-19(18-17-13)14-3-2-4-15(20)9-14;16-14-6-1-2-7-15(14)21-10-11-9-19(18-17-11)12-4-3-5-13(20)8-12;16-11-5-7-13(8-6-11)21-10-12-9-19(18-17-12)14-3-1-2-4-15(14)20/h3-11,13,22H,12H2,1-2H3;1-9,23H,10H2;1-9,23H,10H2;2-10,20H,11H2,1H3;2*1-9,20H,10H2. The van der Waals surface area contributed by atoms with E-state index >= 15 is 0 Å². The van der Waals surface area contributed by atoms with Gasteiger partial charge in [0.2, 0.25) is 0 Å². The van der Waals surface area contributed by atoms with Crippen molar-refractivity contribution >= 4 is 0 Å². The summed E-state index contributed by atoms with van der Waals surface area (Å²) in [6.45, 7) is 7.49. The van der Waals surface area contributed by atoms with E-state index in [1.54, 1.807) is 192 Å². The lowest BCUT2D eigenvalue weighted by Gasteiger charge is -2.09. The molecule has 18 rings (SSSR count). The SMILES string of the molecule is CC(C)c1ccc(OCc2cn(-c3cccc(O)c3)nn2)cc1.Cc1ccc(OCc2cn(-c3cccc(O)c3)nn2)cc1.Oc1cccc(-n2cc(COc3ccc(C(F)(F)F)cc3)nn2)c1.Oc1cccc(-n2cc(COc3ccccc3F)nn2)c1.Oc1ccccc1-n1cc(COc2ccc(F)cc2)nn1.Oc1ccccc1-n1cc(COc2ccc(OC(F)(F)F)cc2)nn1. The minimum Gasteiger partial charge on any atom is -0.508 e. The van der Waals surface area contributed by atoms with E-state index in [0.29, 0.717) is 81.9 Å². The molecule has 6 heterocycles. The van der Waals surface area contributed by atoms with E-state index in [2.05, 4.69) is 92.6 Å². The number of benzene rings is 12. The van der Waals surface area contributed by atoms with Gasteiger partial charge in [0, 0.05) is 24.3 Å². The van der Waals surface area contributed by atoms with Crippen molar-refractivity contribution in [3.63, 3.8) is 0 Å². The highest BCUT2D eigenvalue weighted by molar-refractivity contribution is 5.47. The van der Waals surface area contributed by atoms with Gasteiger partial charge in [0.15, 0.2) is 11.6 Å². The van der Waals surface area contributed by atoms with Gasteiger partial charge in [0.25, 0.3) is 0 Å². The van der Waals surface area contributed by atoms with Crippen LogP contribution in [0, 0.1) is 18.6 Å². The molecule has 0 saturated carbocycles. The number of aromatic hydroxyl groups is 6. The summed E-state index contributed by atoms with van der Waals surface area (Å²) in [6.07, 6.45) is 0.982. The summed E-state index contributed by atoms with van der Waals surface area (Å²) in [5.74, 6) is 3.24. The van der Waals surface area contributed by atoms with Gasteiger partial charge in [-0.3, -0.25) is 0 Å². The van der Waals surface area contributed by atoms with E-state index in [1.165, 1.54) is 90.5 Å². The summed E-state index contributed by atoms with van der Waals surface area (Å²) >= 11 is 0. The summed E-state index contributed by atoms with van der Waals surface area (Å²) in [7, 11) is 0. The molecule has 0 bridgehead atoms. The molecule has 12 aromatic carbocycles. The molecule has 18 aromatic rings. The molecule has 0 saturated heterocycles. The Balaban J connectivity index is 0.000000137. The first-order valence-electron chi connectivity index (χ1n) is 40.8. The number of nitrogens with zero attached hydrogens (tertiary/aromatic N) is 18. The number of hydrogen-bond donors (Lipinski definition) is 6. The summed E-state index contributed by atoms with van der Waals surface area (Å²) in [5, 5.41) is 105. The zero-order chi connectivity index (χ0) is 95.2. The number of phenols is 6. The Labute approximate surface area is 763 Å².